The minimum Gasteiger partial charge on any atom is -0.338 e. The summed E-state index contributed by atoms with van der Waals surface area (Å²) in [6.07, 6.45) is 3.65. The molecular formula is C12H16N4O. The smallest absolute Gasteiger partial charge is 0.321 e. The molecule has 90 valence electrons. The zero-order valence-corrected chi connectivity index (χ0v) is 10.1. The van der Waals surface area contributed by atoms with Crippen LogP contribution in [0.4, 0.5) is 6.01 Å². The molecule has 0 aromatic carbocycles. The lowest BCUT2D eigenvalue weighted by atomic mass is 10.1. The van der Waals surface area contributed by atoms with E-state index in [0.29, 0.717) is 11.8 Å². The summed E-state index contributed by atoms with van der Waals surface area (Å²) in [4.78, 5) is 8.58. The lowest BCUT2D eigenvalue weighted by Crippen LogP contribution is -1.99. The molecule has 1 N–H and O–H groups in total. The van der Waals surface area contributed by atoms with E-state index in [9.17, 15) is 0 Å². The first-order chi connectivity index (χ1) is 8.35. The molecule has 0 aliphatic rings. The van der Waals surface area contributed by atoms with Crippen LogP contribution < -0.4 is 5.32 Å². The Bertz CT molecular complexity index is 481. The summed E-state index contributed by atoms with van der Waals surface area (Å²) < 4.78 is 5.11. The van der Waals surface area contributed by atoms with Crippen LogP contribution in [-0.4, -0.2) is 21.7 Å². The summed E-state index contributed by atoms with van der Waals surface area (Å²) in [5.74, 6) is 0.543. The normalized spacial score (nSPS) is 10.5. The van der Waals surface area contributed by atoms with Gasteiger partial charge in [0.25, 0.3) is 0 Å². The zero-order valence-electron chi connectivity index (χ0n) is 10.1. The van der Waals surface area contributed by atoms with Crippen LogP contribution in [0, 0.1) is 0 Å². The van der Waals surface area contributed by atoms with Crippen molar-refractivity contribution in [1.29, 1.82) is 0 Å². The molecule has 17 heavy (non-hydrogen) atoms. The predicted molar refractivity (Wildman–Crippen MR) is 65.7 cm³/mol. The summed E-state index contributed by atoms with van der Waals surface area (Å²) in [6.45, 7) is 4.99. The quantitative estimate of drug-likeness (QED) is 0.858. The number of nitrogens with one attached hydrogen (secondary N) is 1. The molecule has 2 heterocycles. The summed E-state index contributed by atoms with van der Waals surface area (Å²) in [5, 5.41) is 6.99. The Hall–Kier alpha value is -1.91. The van der Waals surface area contributed by atoms with Crippen LogP contribution in [0.15, 0.2) is 22.9 Å². The number of pyridine rings is 1. The first-order valence-electron chi connectivity index (χ1n) is 5.87. The van der Waals surface area contributed by atoms with Gasteiger partial charge in [-0.05, 0) is 24.5 Å². The van der Waals surface area contributed by atoms with Gasteiger partial charge in [0.1, 0.15) is 5.69 Å². The van der Waals surface area contributed by atoms with Crippen LogP contribution in [-0.2, 0) is 6.42 Å². The standard InChI is InChI=1S/C12H16N4O/c1-3-7-14-12-15-11(16-17-12)10-9(4-2)6-5-8-13-10/h5-6,8H,3-4,7H2,1-2H3,(H,14,15,16). The SMILES string of the molecule is CCCNc1nc(-c2ncccc2CC)no1. The third-order valence-electron chi connectivity index (χ3n) is 2.44. The maximum absolute atomic E-state index is 5.11. The summed E-state index contributed by atoms with van der Waals surface area (Å²) >= 11 is 0. The van der Waals surface area contributed by atoms with E-state index >= 15 is 0 Å². The van der Waals surface area contributed by atoms with Gasteiger partial charge in [0.2, 0.25) is 5.82 Å². The highest BCUT2D eigenvalue weighted by Gasteiger charge is 2.12. The third-order valence-corrected chi connectivity index (χ3v) is 2.44. The number of aryl methyl sites for hydroxylation is 1. The van der Waals surface area contributed by atoms with E-state index in [4.69, 9.17) is 4.52 Å². The van der Waals surface area contributed by atoms with Crippen LogP contribution in [0.25, 0.3) is 11.5 Å². The van der Waals surface area contributed by atoms with Crippen molar-refractivity contribution in [3.63, 3.8) is 0 Å². The van der Waals surface area contributed by atoms with Gasteiger partial charge in [-0.15, -0.1) is 0 Å². The number of hydrogen-bond acceptors (Lipinski definition) is 5. The molecule has 0 radical (unpaired) electrons. The highest BCUT2D eigenvalue weighted by atomic mass is 16.5. The van der Waals surface area contributed by atoms with E-state index < -0.39 is 0 Å². The van der Waals surface area contributed by atoms with Gasteiger partial charge in [-0.1, -0.05) is 25.1 Å². The third kappa shape index (κ3) is 2.61. The fourth-order valence-electron chi connectivity index (χ4n) is 1.55. The van der Waals surface area contributed by atoms with E-state index in [1.807, 2.05) is 12.1 Å². The molecule has 0 aliphatic carbocycles. The molecule has 0 fully saturated rings. The van der Waals surface area contributed by atoms with E-state index in [0.717, 1.165) is 30.6 Å². The lowest BCUT2D eigenvalue weighted by Gasteiger charge is -2.00. The van der Waals surface area contributed by atoms with E-state index in [-0.39, 0.29) is 0 Å². The Labute approximate surface area is 100 Å². The van der Waals surface area contributed by atoms with Crippen molar-refractivity contribution in [2.24, 2.45) is 0 Å². The minimum atomic E-state index is 0.453. The highest BCUT2D eigenvalue weighted by Crippen LogP contribution is 2.19. The fourth-order valence-corrected chi connectivity index (χ4v) is 1.55. The highest BCUT2D eigenvalue weighted by molar-refractivity contribution is 5.55. The maximum Gasteiger partial charge on any atom is 0.321 e. The molecule has 0 amide bonds. The van der Waals surface area contributed by atoms with Gasteiger partial charge in [0.05, 0.1) is 0 Å². The minimum absolute atomic E-state index is 0.453. The Kier molecular flexibility index (Phi) is 3.69. The molecule has 2 aromatic rings. The average Bonchev–Trinajstić information content (AvgIpc) is 2.85. The molecule has 2 aromatic heterocycles. The second-order valence-electron chi connectivity index (χ2n) is 3.71. The number of anilines is 1. The predicted octanol–water partition coefficient (Wildman–Crippen LogP) is 2.52. The number of rotatable bonds is 5. The van der Waals surface area contributed by atoms with Crippen molar-refractivity contribution >= 4 is 6.01 Å². The van der Waals surface area contributed by atoms with Crippen molar-refractivity contribution in [1.82, 2.24) is 15.1 Å². The Morgan fingerprint density at radius 2 is 2.24 bits per heavy atom. The Morgan fingerprint density at radius 1 is 1.35 bits per heavy atom. The first kappa shape index (κ1) is 11.6. The van der Waals surface area contributed by atoms with Crippen LogP contribution >= 0.6 is 0 Å². The van der Waals surface area contributed by atoms with Gasteiger partial charge in [-0.25, -0.2) is 0 Å². The zero-order chi connectivity index (χ0) is 12.1. The molecule has 0 saturated carbocycles. The molecule has 0 spiro atoms. The summed E-state index contributed by atoms with van der Waals surface area (Å²) in [5.41, 5.74) is 1.92. The van der Waals surface area contributed by atoms with Crippen molar-refractivity contribution in [3.05, 3.63) is 23.9 Å². The molecule has 5 nitrogen and oxygen atoms in total. The lowest BCUT2D eigenvalue weighted by molar-refractivity contribution is 0.432. The van der Waals surface area contributed by atoms with Gasteiger partial charge < -0.3 is 9.84 Å². The molecular weight excluding hydrogens is 216 g/mol. The summed E-state index contributed by atoms with van der Waals surface area (Å²) in [6, 6.07) is 4.39. The second-order valence-corrected chi connectivity index (χ2v) is 3.71. The molecule has 2 rings (SSSR count). The van der Waals surface area contributed by atoms with Gasteiger partial charge in [0.15, 0.2) is 0 Å². The van der Waals surface area contributed by atoms with Gasteiger partial charge in [0, 0.05) is 12.7 Å². The first-order valence-corrected chi connectivity index (χ1v) is 5.87. The van der Waals surface area contributed by atoms with Crippen LogP contribution in [0.1, 0.15) is 25.8 Å². The van der Waals surface area contributed by atoms with Crippen molar-refractivity contribution < 1.29 is 4.52 Å². The molecule has 5 heteroatoms. The van der Waals surface area contributed by atoms with Crippen molar-refractivity contribution in [2.75, 3.05) is 11.9 Å². The average molecular weight is 232 g/mol. The van der Waals surface area contributed by atoms with E-state index in [1.165, 1.54) is 0 Å². The van der Waals surface area contributed by atoms with Crippen LogP contribution in [0.3, 0.4) is 0 Å². The monoisotopic (exact) mass is 232 g/mol. The molecule has 0 saturated heterocycles. The maximum atomic E-state index is 5.11. The topological polar surface area (TPSA) is 63.8 Å². The fraction of sp³-hybridized carbons (Fsp3) is 0.417. The van der Waals surface area contributed by atoms with Crippen molar-refractivity contribution in [2.45, 2.75) is 26.7 Å². The van der Waals surface area contributed by atoms with Gasteiger partial charge >= 0.3 is 6.01 Å². The molecule has 0 unspecified atom stereocenters. The second kappa shape index (κ2) is 5.43. The van der Waals surface area contributed by atoms with Gasteiger partial charge in [-0.3, -0.25) is 4.98 Å². The number of aromatic nitrogens is 3. The molecule has 0 bridgehead atoms. The number of hydrogen-bond donors (Lipinski definition) is 1. The van der Waals surface area contributed by atoms with Crippen LogP contribution in [0.2, 0.25) is 0 Å². The Morgan fingerprint density at radius 3 is 3.00 bits per heavy atom. The van der Waals surface area contributed by atoms with E-state index in [2.05, 4.69) is 34.3 Å². The molecule has 0 atom stereocenters. The van der Waals surface area contributed by atoms with Crippen LogP contribution in [0.5, 0.6) is 0 Å². The largest absolute Gasteiger partial charge is 0.338 e. The summed E-state index contributed by atoms with van der Waals surface area (Å²) in [7, 11) is 0. The number of nitrogens with zero attached hydrogens (tertiary/aromatic N) is 3. The Balaban J connectivity index is 2.24. The van der Waals surface area contributed by atoms with Gasteiger partial charge in [-0.2, -0.15) is 4.98 Å². The molecule has 0 aliphatic heterocycles. The van der Waals surface area contributed by atoms with Crippen molar-refractivity contribution in [3.8, 4) is 11.5 Å². The van der Waals surface area contributed by atoms with E-state index in [1.54, 1.807) is 6.20 Å².